The monoisotopic (exact) mass is 662 g/mol. The Morgan fingerprint density at radius 2 is 1.13 bits per heavy atom. The zero-order chi connectivity index (χ0) is 34.8. The molecule has 3 N–H and O–H groups in total. The molecule has 3 unspecified atom stereocenters. The molecule has 0 aliphatic rings. The van der Waals surface area contributed by atoms with Crippen molar-refractivity contribution < 1.29 is 39.2 Å². The molecule has 0 bridgehead atoms. The van der Waals surface area contributed by atoms with Crippen LogP contribution in [0.2, 0.25) is 0 Å². The number of aliphatic carboxylic acids is 3. The van der Waals surface area contributed by atoms with E-state index in [-0.39, 0.29) is 19.4 Å². The van der Waals surface area contributed by atoms with Gasteiger partial charge in [0.2, 0.25) is 0 Å². The van der Waals surface area contributed by atoms with Gasteiger partial charge in [0.25, 0.3) is 0 Å². The number of carbonyl (C=O) groups is 3. The van der Waals surface area contributed by atoms with E-state index < -0.39 is 41.4 Å². The quantitative estimate of drug-likeness (QED) is 0.0650. The molecule has 0 radical (unpaired) electrons. The summed E-state index contributed by atoms with van der Waals surface area (Å²) in [5, 5.41) is 32.0. The molecular formula is C39H66O8. The predicted octanol–water partition coefficient (Wildman–Crippen LogP) is 10.5. The van der Waals surface area contributed by atoms with E-state index in [4.69, 9.17) is 9.47 Å². The maximum atomic E-state index is 13.6. The maximum absolute atomic E-state index is 13.6. The second-order valence-corrected chi connectivity index (χ2v) is 13.4. The third kappa shape index (κ3) is 15.9. The summed E-state index contributed by atoms with van der Waals surface area (Å²) in [6, 6.07) is 9.18. The Bertz CT molecular complexity index is 967. The lowest BCUT2D eigenvalue weighted by Gasteiger charge is -2.45. The summed E-state index contributed by atoms with van der Waals surface area (Å²) in [4.78, 5) is 39.3. The molecule has 0 aliphatic carbocycles. The molecule has 0 aromatic heterocycles. The average Bonchev–Trinajstić information content (AvgIpc) is 3.04. The number of para-hydroxylation sites is 1. The van der Waals surface area contributed by atoms with Crippen LogP contribution in [0.15, 0.2) is 30.3 Å². The van der Waals surface area contributed by atoms with Crippen molar-refractivity contribution in [2.75, 3.05) is 6.61 Å². The van der Waals surface area contributed by atoms with Gasteiger partial charge in [-0.25, -0.2) is 4.79 Å². The summed E-state index contributed by atoms with van der Waals surface area (Å²) < 4.78 is 12.6. The van der Waals surface area contributed by atoms with E-state index in [1.165, 1.54) is 19.3 Å². The molecule has 0 heterocycles. The van der Waals surface area contributed by atoms with Crippen molar-refractivity contribution in [3.63, 3.8) is 0 Å². The Kier molecular flexibility index (Phi) is 22.9. The molecule has 0 saturated heterocycles. The second kappa shape index (κ2) is 25.4. The van der Waals surface area contributed by atoms with Crippen molar-refractivity contribution >= 4 is 17.9 Å². The molecule has 270 valence electrons. The highest BCUT2D eigenvalue weighted by Crippen LogP contribution is 2.48. The highest BCUT2D eigenvalue weighted by atomic mass is 16.5. The topological polar surface area (TPSA) is 130 Å². The minimum absolute atomic E-state index is 0.00376. The molecule has 1 aromatic carbocycles. The first-order valence-corrected chi connectivity index (χ1v) is 18.7. The fourth-order valence-electron chi connectivity index (χ4n) is 6.70. The van der Waals surface area contributed by atoms with Crippen LogP contribution >= 0.6 is 0 Å². The molecule has 1 aromatic rings. The molecule has 47 heavy (non-hydrogen) atoms. The third-order valence-corrected chi connectivity index (χ3v) is 9.48. The van der Waals surface area contributed by atoms with Gasteiger partial charge in [0.15, 0.2) is 5.60 Å². The van der Waals surface area contributed by atoms with Gasteiger partial charge in [-0.15, -0.1) is 0 Å². The van der Waals surface area contributed by atoms with Crippen molar-refractivity contribution in [1.82, 2.24) is 0 Å². The summed E-state index contributed by atoms with van der Waals surface area (Å²) in [5.41, 5.74) is -4.46. The van der Waals surface area contributed by atoms with Crippen molar-refractivity contribution in [3.05, 3.63) is 30.3 Å². The minimum Gasteiger partial charge on any atom is -0.490 e. The van der Waals surface area contributed by atoms with Gasteiger partial charge < -0.3 is 24.8 Å². The van der Waals surface area contributed by atoms with Gasteiger partial charge in [0.1, 0.15) is 11.2 Å². The van der Waals surface area contributed by atoms with Gasteiger partial charge >= 0.3 is 17.9 Å². The number of benzene rings is 1. The lowest BCUT2D eigenvalue weighted by Crippen LogP contribution is -2.62. The third-order valence-electron chi connectivity index (χ3n) is 9.48. The minimum atomic E-state index is -2.45. The van der Waals surface area contributed by atoms with Crippen molar-refractivity contribution in [1.29, 1.82) is 0 Å². The van der Waals surface area contributed by atoms with E-state index in [2.05, 4.69) is 20.8 Å². The van der Waals surface area contributed by atoms with Gasteiger partial charge in [-0.2, -0.15) is 0 Å². The zero-order valence-electron chi connectivity index (χ0n) is 29.8. The smallest absolute Gasteiger partial charge is 0.337 e. The highest BCUT2D eigenvalue weighted by Gasteiger charge is 2.64. The van der Waals surface area contributed by atoms with Gasteiger partial charge in [0.05, 0.1) is 12.5 Å². The van der Waals surface area contributed by atoms with Crippen LogP contribution < -0.4 is 4.74 Å². The van der Waals surface area contributed by atoms with Crippen LogP contribution in [0.3, 0.4) is 0 Å². The Hall–Kier alpha value is -2.61. The van der Waals surface area contributed by atoms with E-state index in [0.717, 1.165) is 89.9 Å². The first kappa shape index (κ1) is 42.4. The van der Waals surface area contributed by atoms with E-state index in [1.54, 1.807) is 0 Å². The van der Waals surface area contributed by atoms with Crippen LogP contribution in [-0.4, -0.2) is 51.5 Å². The van der Waals surface area contributed by atoms with Crippen LogP contribution in [-0.2, 0) is 19.1 Å². The normalized spacial score (nSPS) is 14.6. The molecule has 0 aliphatic heterocycles. The van der Waals surface area contributed by atoms with Crippen molar-refractivity contribution in [2.45, 2.75) is 180 Å². The number of hydrogen-bond donors (Lipinski definition) is 3. The summed E-state index contributed by atoms with van der Waals surface area (Å²) in [6.07, 6.45) is 17.2. The second-order valence-electron chi connectivity index (χ2n) is 13.4. The largest absolute Gasteiger partial charge is 0.490 e. The average molecular weight is 663 g/mol. The fraction of sp³-hybridized carbons (Fsp3) is 0.769. The summed E-state index contributed by atoms with van der Waals surface area (Å²) in [5.74, 6) is -3.68. The summed E-state index contributed by atoms with van der Waals surface area (Å²) in [6.45, 7) is 6.43. The molecule has 0 fully saturated rings. The number of ether oxygens (including phenoxy) is 2. The number of rotatable bonds is 32. The number of hydrogen-bond acceptors (Lipinski definition) is 5. The molecule has 3 atom stereocenters. The Morgan fingerprint density at radius 1 is 0.638 bits per heavy atom. The lowest BCUT2D eigenvalue weighted by atomic mass is 9.63. The zero-order valence-corrected chi connectivity index (χ0v) is 29.8. The standard InChI is InChI=1S/C39H66O8/c1-4-7-10-13-16-17-21-28-34(47-33-26-22-20-23-27-33)31-38(36(42)43,29-24-18-14-11-8-5-2)39(37(44)45,32-35(40)41)46-30-25-19-15-12-9-6-3/h20,22-23,26-27,34H,4-19,21,24-25,28-32H2,1-3H3,(H,40,41)(H,42,43)(H,44,45). The van der Waals surface area contributed by atoms with E-state index in [1.807, 2.05) is 30.3 Å². The maximum Gasteiger partial charge on any atom is 0.337 e. The summed E-state index contributed by atoms with van der Waals surface area (Å²) >= 11 is 0. The van der Waals surface area contributed by atoms with Gasteiger partial charge in [-0.05, 0) is 37.8 Å². The molecule has 8 heteroatoms. The van der Waals surface area contributed by atoms with Crippen LogP contribution in [0.1, 0.15) is 168 Å². The van der Waals surface area contributed by atoms with Crippen molar-refractivity contribution in [3.8, 4) is 5.75 Å². The van der Waals surface area contributed by atoms with Gasteiger partial charge in [-0.3, -0.25) is 9.59 Å². The van der Waals surface area contributed by atoms with Crippen LogP contribution in [0.25, 0.3) is 0 Å². The Balaban J connectivity index is 3.49. The SMILES string of the molecule is CCCCCCCCCC(CC(CCCCCCCC)(C(=O)O)C(CC(=O)O)(OCCCCCCCC)C(=O)O)Oc1ccccc1. The molecular weight excluding hydrogens is 596 g/mol. The van der Waals surface area contributed by atoms with Crippen LogP contribution in [0.5, 0.6) is 5.75 Å². The molecule has 0 spiro atoms. The lowest BCUT2D eigenvalue weighted by molar-refractivity contribution is -0.210. The van der Waals surface area contributed by atoms with Crippen LogP contribution in [0.4, 0.5) is 0 Å². The van der Waals surface area contributed by atoms with Crippen LogP contribution in [0, 0.1) is 5.41 Å². The van der Waals surface area contributed by atoms with Crippen molar-refractivity contribution in [2.24, 2.45) is 5.41 Å². The summed E-state index contributed by atoms with van der Waals surface area (Å²) in [7, 11) is 0. The Morgan fingerprint density at radius 3 is 1.62 bits per heavy atom. The first-order chi connectivity index (χ1) is 22.7. The molecule has 0 amide bonds. The molecule has 1 rings (SSSR count). The Labute approximate surface area is 285 Å². The number of unbranched alkanes of at least 4 members (excludes halogenated alkanes) is 16. The first-order valence-electron chi connectivity index (χ1n) is 18.7. The van der Waals surface area contributed by atoms with Gasteiger partial charge in [-0.1, -0.05) is 148 Å². The molecule has 0 saturated carbocycles. The fourth-order valence-corrected chi connectivity index (χ4v) is 6.70. The highest BCUT2D eigenvalue weighted by molar-refractivity contribution is 5.92. The number of carboxylic acid groups (broad SMARTS) is 3. The molecule has 8 nitrogen and oxygen atoms in total. The van der Waals surface area contributed by atoms with E-state index in [9.17, 15) is 29.7 Å². The predicted molar refractivity (Wildman–Crippen MR) is 188 cm³/mol. The van der Waals surface area contributed by atoms with E-state index in [0.29, 0.717) is 25.0 Å². The number of carboxylic acids is 3. The van der Waals surface area contributed by atoms with E-state index >= 15 is 0 Å². The van der Waals surface area contributed by atoms with Gasteiger partial charge in [0, 0.05) is 13.0 Å².